The molecular weight excluding hydrogens is 128 g/mol. The van der Waals surface area contributed by atoms with E-state index in [1.54, 1.807) is 0 Å². The van der Waals surface area contributed by atoms with Gasteiger partial charge in [-0.1, -0.05) is 13.3 Å². The lowest BCUT2D eigenvalue weighted by molar-refractivity contribution is -0.230. The Morgan fingerprint density at radius 1 is 1.60 bits per heavy atom. The van der Waals surface area contributed by atoms with Crippen LogP contribution in [0.15, 0.2) is 0 Å². The minimum absolute atomic E-state index is 0.989. The first-order chi connectivity index (χ1) is 4.93. The summed E-state index contributed by atoms with van der Waals surface area (Å²) in [4.78, 5) is 5.16. The summed E-state index contributed by atoms with van der Waals surface area (Å²) in [7, 11) is 0. The third-order valence-electron chi connectivity index (χ3n) is 1.64. The van der Waals surface area contributed by atoms with Crippen molar-refractivity contribution in [2.45, 2.75) is 26.2 Å². The summed E-state index contributed by atoms with van der Waals surface area (Å²) in [6, 6.07) is 0. The third kappa shape index (κ3) is 2.64. The largest absolute Gasteiger partial charge is 0.211 e. The third-order valence-corrected chi connectivity index (χ3v) is 1.64. The summed E-state index contributed by atoms with van der Waals surface area (Å²) < 4.78 is 0. The molecule has 0 aromatic heterocycles. The molecule has 1 N–H and O–H groups in total. The minimum Gasteiger partial charge on any atom is -0.211 e. The van der Waals surface area contributed by atoms with Gasteiger partial charge in [-0.15, -0.1) is 0 Å². The fourth-order valence-electron chi connectivity index (χ4n) is 1.00. The zero-order chi connectivity index (χ0) is 7.23. The molecule has 1 fully saturated rings. The van der Waals surface area contributed by atoms with E-state index in [4.69, 9.17) is 4.94 Å². The molecule has 1 heterocycles. The molecule has 1 aliphatic rings. The molecule has 0 aliphatic carbocycles. The number of hydrogen-bond acceptors (Lipinski definition) is 3. The lowest BCUT2D eigenvalue weighted by Gasteiger charge is -2.25. The van der Waals surface area contributed by atoms with Crippen molar-refractivity contribution in [3.63, 3.8) is 0 Å². The van der Waals surface area contributed by atoms with Crippen molar-refractivity contribution in [3.8, 4) is 0 Å². The molecule has 3 heteroatoms. The van der Waals surface area contributed by atoms with Gasteiger partial charge in [-0.05, 0) is 12.8 Å². The summed E-state index contributed by atoms with van der Waals surface area (Å²) in [5.41, 5.74) is 2.87. The smallest absolute Gasteiger partial charge is 0.0272 e. The number of rotatable bonds is 3. The van der Waals surface area contributed by atoms with Crippen LogP contribution in [0.1, 0.15) is 26.2 Å². The second kappa shape index (κ2) is 4.66. The van der Waals surface area contributed by atoms with E-state index >= 15 is 0 Å². The summed E-state index contributed by atoms with van der Waals surface area (Å²) >= 11 is 0. The molecule has 10 heavy (non-hydrogen) atoms. The van der Waals surface area contributed by atoms with Crippen LogP contribution in [-0.4, -0.2) is 24.7 Å². The first-order valence-electron chi connectivity index (χ1n) is 4.08. The first-order valence-corrected chi connectivity index (χ1v) is 4.08. The molecule has 1 aliphatic heterocycles. The van der Waals surface area contributed by atoms with E-state index in [-0.39, 0.29) is 0 Å². The van der Waals surface area contributed by atoms with Gasteiger partial charge in [-0.2, -0.15) is 10.5 Å². The number of nitrogens with zero attached hydrogens (tertiary/aromatic N) is 1. The van der Waals surface area contributed by atoms with E-state index in [0.717, 1.165) is 19.6 Å². The van der Waals surface area contributed by atoms with E-state index in [0.29, 0.717) is 0 Å². The van der Waals surface area contributed by atoms with Gasteiger partial charge in [-0.25, -0.2) is 4.94 Å². The van der Waals surface area contributed by atoms with Crippen LogP contribution < -0.4 is 5.48 Å². The molecule has 1 rings (SSSR count). The maximum absolute atomic E-state index is 5.16. The summed E-state index contributed by atoms with van der Waals surface area (Å²) in [5, 5.41) is 1.99. The van der Waals surface area contributed by atoms with E-state index in [2.05, 4.69) is 12.4 Å². The quantitative estimate of drug-likeness (QED) is 0.637. The van der Waals surface area contributed by atoms with Crippen molar-refractivity contribution in [1.82, 2.24) is 10.5 Å². The van der Waals surface area contributed by atoms with Gasteiger partial charge in [0.25, 0.3) is 0 Å². The van der Waals surface area contributed by atoms with Crippen molar-refractivity contribution in [2.75, 3.05) is 19.6 Å². The summed E-state index contributed by atoms with van der Waals surface area (Å²) in [6.45, 7) is 5.32. The summed E-state index contributed by atoms with van der Waals surface area (Å²) in [6.07, 6.45) is 3.66. The van der Waals surface area contributed by atoms with Crippen molar-refractivity contribution < 1.29 is 4.94 Å². The Morgan fingerprint density at radius 2 is 2.50 bits per heavy atom. The van der Waals surface area contributed by atoms with Gasteiger partial charge in [0.15, 0.2) is 0 Å². The van der Waals surface area contributed by atoms with Crippen LogP contribution in [0, 0.1) is 0 Å². The van der Waals surface area contributed by atoms with Crippen LogP contribution in [0.25, 0.3) is 0 Å². The van der Waals surface area contributed by atoms with E-state index in [1.165, 1.54) is 19.3 Å². The SMILES string of the molecule is CCCCN1CCCNO1. The predicted octanol–water partition coefficient (Wildman–Crippen LogP) is 0.928. The number of hydrogen-bond donors (Lipinski definition) is 1. The average molecular weight is 144 g/mol. The topological polar surface area (TPSA) is 24.5 Å². The van der Waals surface area contributed by atoms with Gasteiger partial charge in [0.1, 0.15) is 0 Å². The second-order valence-corrected chi connectivity index (χ2v) is 2.62. The Hall–Kier alpha value is -0.120. The lowest BCUT2D eigenvalue weighted by Crippen LogP contribution is -2.39. The highest BCUT2D eigenvalue weighted by Crippen LogP contribution is 1.99. The highest BCUT2D eigenvalue weighted by atomic mass is 16.8. The molecule has 0 spiro atoms. The van der Waals surface area contributed by atoms with Gasteiger partial charge in [0.2, 0.25) is 0 Å². The monoisotopic (exact) mass is 144 g/mol. The molecule has 0 aromatic rings. The molecule has 0 bridgehead atoms. The highest BCUT2D eigenvalue weighted by Gasteiger charge is 2.08. The molecule has 0 amide bonds. The average Bonchev–Trinajstić information content (AvgIpc) is 2.03. The van der Waals surface area contributed by atoms with Gasteiger partial charge < -0.3 is 0 Å². The molecule has 0 aromatic carbocycles. The Kier molecular flexibility index (Phi) is 3.72. The van der Waals surface area contributed by atoms with Crippen LogP contribution in [0.5, 0.6) is 0 Å². The normalized spacial score (nSPS) is 21.3. The Morgan fingerprint density at radius 3 is 3.10 bits per heavy atom. The van der Waals surface area contributed by atoms with E-state index in [9.17, 15) is 0 Å². The van der Waals surface area contributed by atoms with Crippen molar-refractivity contribution in [1.29, 1.82) is 0 Å². The van der Waals surface area contributed by atoms with Crippen molar-refractivity contribution in [3.05, 3.63) is 0 Å². The van der Waals surface area contributed by atoms with Gasteiger partial charge in [0, 0.05) is 19.6 Å². The lowest BCUT2D eigenvalue weighted by atomic mass is 10.3. The zero-order valence-corrected chi connectivity index (χ0v) is 6.60. The Labute approximate surface area is 62.3 Å². The van der Waals surface area contributed by atoms with Crippen molar-refractivity contribution in [2.24, 2.45) is 0 Å². The second-order valence-electron chi connectivity index (χ2n) is 2.62. The molecular formula is C7H16N2O. The molecule has 0 atom stereocenters. The molecule has 1 saturated heterocycles. The molecule has 60 valence electrons. The fraction of sp³-hybridized carbons (Fsp3) is 1.00. The van der Waals surface area contributed by atoms with Crippen LogP contribution in [0.3, 0.4) is 0 Å². The highest BCUT2D eigenvalue weighted by molar-refractivity contribution is 4.51. The van der Waals surface area contributed by atoms with Gasteiger partial charge in [0.05, 0.1) is 0 Å². The maximum atomic E-state index is 5.16. The zero-order valence-electron chi connectivity index (χ0n) is 6.60. The molecule has 0 saturated carbocycles. The number of unbranched alkanes of at least 4 members (excludes halogenated alkanes) is 1. The maximum Gasteiger partial charge on any atom is 0.0272 e. The van der Waals surface area contributed by atoms with Gasteiger partial charge >= 0.3 is 0 Å². The fourth-order valence-corrected chi connectivity index (χ4v) is 1.00. The van der Waals surface area contributed by atoms with Crippen LogP contribution in [0.2, 0.25) is 0 Å². The van der Waals surface area contributed by atoms with Crippen molar-refractivity contribution >= 4 is 0 Å². The molecule has 0 radical (unpaired) electrons. The predicted molar refractivity (Wildman–Crippen MR) is 40.2 cm³/mol. The molecule has 0 unspecified atom stereocenters. The Balaban J connectivity index is 2.02. The van der Waals surface area contributed by atoms with Crippen LogP contribution in [-0.2, 0) is 4.94 Å². The summed E-state index contributed by atoms with van der Waals surface area (Å²) in [5.74, 6) is 0. The van der Waals surface area contributed by atoms with Crippen LogP contribution in [0.4, 0.5) is 0 Å². The minimum atomic E-state index is 0.989. The van der Waals surface area contributed by atoms with E-state index in [1.807, 2.05) is 5.06 Å². The van der Waals surface area contributed by atoms with Crippen LogP contribution >= 0.6 is 0 Å². The van der Waals surface area contributed by atoms with Gasteiger partial charge in [-0.3, -0.25) is 0 Å². The number of nitrogens with one attached hydrogen (secondary N) is 1. The standard InChI is InChI=1S/C7H16N2O/c1-2-3-6-9-7-4-5-8-10-9/h8H,2-7H2,1H3. The molecule has 3 nitrogen and oxygen atoms in total. The number of hydroxylamine groups is 3. The Bertz CT molecular complexity index is 81.7. The van der Waals surface area contributed by atoms with E-state index < -0.39 is 0 Å². The first kappa shape index (κ1) is 7.98.